The van der Waals surface area contributed by atoms with Gasteiger partial charge in [-0.2, -0.15) is 0 Å². The topological polar surface area (TPSA) is 90.2 Å². The maximum Gasteiger partial charge on any atom is 0.223 e. The van der Waals surface area contributed by atoms with Gasteiger partial charge in [0.15, 0.2) is 5.75 Å². The first kappa shape index (κ1) is 22.2. The highest BCUT2D eigenvalue weighted by molar-refractivity contribution is 5.77. The Kier molecular flexibility index (Phi) is 6.50. The lowest BCUT2D eigenvalue weighted by molar-refractivity contribution is 0.191. The number of benzene rings is 2. The summed E-state index contributed by atoms with van der Waals surface area (Å²) in [5.41, 5.74) is 0.587. The summed E-state index contributed by atoms with van der Waals surface area (Å²) in [4.78, 5) is 11.9. The monoisotopic (exact) mass is 429 g/mol. The highest BCUT2D eigenvalue weighted by Crippen LogP contribution is 2.40. The number of methoxy groups -OCH3 is 2. The number of hydrogen-bond acceptors (Lipinski definition) is 6. The molecule has 3 rings (SSSR count). The van der Waals surface area contributed by atoms with Crippen LogP contribution in [0.25, 0.3) is 16.8 Å². The van der Waals surface area contributed by atoms with Crippen LogP contribution in [0, 0.1) is 5.82 Å². The molecule has 0 aliphatic rings. The van der Waals surface area contributed by atoms with Crippen LogP contribution in [0.3, 0.4) is 0 Å². The molecule has 8 heteroatoms. The van der Waals surface area contributed by atoms with Gasteiger partial charge in [0.25, 0.3) is 0 Å². The molecule has 0 saturated carbocycles. The van der Waals surface area contributed by atoms with Crippen molar-refractivity contribution in [2.75, 3.05) is 20.8 Å². The molecule has 0 bridgehead atoms. The van der Waals surface area contributed by atoms with Crippen molar-refractivity contribution in [3.8, 4) is 39.8 Å². The fourth-order valence-electron chi connectivity index (χ4n) is 3.32. The molecule has 31 heavy (non-hydrogen) atoms. The number of hydrogen-bond donors (Lipinski definition) is 2. The van der Waals surface area contributed by atoms with Gasteiger partial charge < -0.3 is 29.0 Å². The Morgan fingerprint density at radius 3 is 2.39 bits per heavy atom. The average Bonchev–Trinajstić information content (AvgIpc) is 2.75. The van der Waals surface area contributed by atoms with Crippen LogP contribution in [0.2, 0.25) is 0 Å². The lowest BCUT2D eigenvalue weighted by atomic mass is 10.0. The van der Waals surface area contributed by atoms with Crippen LogP contribution in [0.5, 0.6) is 23.0 Å². The summed E-state index contributed by atoms with van der Waals surface area (Å²) in [6, 6.07) is 8.70. The SMILES string of the molecule is CCOc1ccc(F)c(-c2cc(-n3cc(O)c(=O)cc3C(C)O)c(OC)cc2OC)c1. The number of aliphatic hydroxyl groups excluding tert-OH is 1. The third-order valence-electron chi connectivity index (χ3n) is 4.79. The molecule has 2 N–H and O–H groups in total. The van der Waals surface area contributed by atoms with Crippen LogP contribution >= 0.6 is 0 Å². The second kappa shape index (κ2) is 9.09. The Hall–Kier alpha value is -3.52. The molecule has 0 fully saturated rings. The van der Waals surface area contributed by atoms with Gasteiger partial charge in [-0.1, -0.05) is 0 Å². The molecular weight excluding hydrogens is 405 g/mol. The van der Waals surface area contributed by atoms with E-state index in [1.807, 2.05) is 6.92 Å². The average molecular weight is 429 g/mol. The van der Waals surface area contributed by atoms with E-state index in [-0.39, 0.29) is 11.3 Å². The predicted molar refractivity (Wildman–Crippen MR) is 114 cm³/mol. The van der Waals surface area contributed by atoms with Crippen molar-refractivity contribution in [3.05, 3.63) is 64.3 Å². The first-order valence-electron chi connectivity index (χ1n) is 9.63. The third-order valence-corrected chi connectivity index (χ3v) is 4.79. The quantitative estimate of drug-likeness (QED) is 0.594. The van der Waals surface area contributed by atoms with Gasteiger partial charge in [-0.25, -0.2) is 4.39 Å². The molecule has 0 saturated heterocycles. The minimum absolute atomic E-state index is 0.223. The molecule has 2 aromatic carbocycles. The van der Waals surface area contributed by atoms with Crippen LogP contribution in [0.4, 0.5) is 4.39 Å². The lowest BCUT2D eigenvalue weighted by Crippen LogP contribution is -2.14. The molecule has 0 aliphatic heterocycles. The van der Waals surface area contributed by atoms with Crippen LogP contribution in [0.15, 0.2) is 47.4 Å². The highest BCUT2D eigenvalue weighted by atomic mass is 19.1. The molecule has 7 nitrogen and oxygen atoms in total. The summed E-state index contributed by atoms with van der Waals surface area (Å²) in [7, 11) is 2.90. The van der Waals surface area contributed by atoms with Crippen LogP contribution in [-0.2, 0) is 0 Å². The number of rotatable bonds is 7. The van der Waals surface area contributed by atoms with Gasteiger partial charge in [0.1, 0.15) is 23.1 Å². The van der Waals surface area contributed by atoms with Gasteiger partial charge >= 0.3 is 0 Å². The Bertz CT molecular complexity index is 1160. The fourth-order valence-corrected chi connectivity index (χ4v) is 3.32. The van der Waals surface area contributed by atoms with Gasteiger partial charge in [0.05, 0.1) is 44.5 Å². The van der Waals surface area contributed by atoms with E-state index in [4.69, 9.17) is 14.2 Å². The number of halogens is 1. The van der Waals surface area contributed by atoms with E-state index in [1.54, 1.807) is 18.2 Å². The van der Waals surface area contributed by atoms with Gasteiger partial charge in [-0.15, -0.1) is 0 Å². The highest BCUT2D eigenvalue weighted by Gasteiger charge is 2.20. The largest absolute Gasteiger partial charge is 0.503 e. The van der Waals surface area contributed by atoms with E-state index in [2.05, 4.69) is 0 Å². The summed E-state index contributed by atoms with van der Waals surface area (Å²) in [5.74, 6) is 0.164. The van der Waals surface area contributed by atoms with E-state index < -0.39 is 23.1 Å². The predicted octanol–water partition coefficient (Wildman–Crippen LogP) is 3.82. The van der Waals surface area contributed by atoms with Crippen molar-refractivity contribution in [3.63, 3.8) is 0 Å². The van der Waals surface area contributed by atoms with Crippen molar-refractivity contribution < 1.29 is 28.8 Å². The molecule has 0 spiro atoms. The van der Waals surface area contributed by atoms with E-state index >= 15 is 0 Å². The Balaban J connectivity index is 2.34. The summed E-state index contributed by atoms with van der Waals surface area (Å²) >= 11 is 0. The Morgan fingerprint density at radius 2 is 1.77 bits per heavy atom. The van der Waals surface area contributed by atoms with Crippen molar-refractivity contribution in [2.24, 2.45) is 0 Å². The van der Waals surface area contributed by atoms with Crippen molar-refractivity contribution in [1.29, 1.82) is 0 Å². The Labute approximate surface area is 178 Å². The van der Waals surface area contributed by atoms with Gasteiger partial charge in [0, 0.05) is 23.3 Å². The molecule has 0 aliphatic carbocycles. The smallest absolute Gasteiger partial charge is 0.223 e. The minimum Gasteiger partial charge on any atom is -0.503 e. The summed E-state index contributed by atoms with van der Waals surface area (Å²) in [5, 5.41) is 20.2. The molecule has 3 aromatic rings. The van der Waals surface area contributed by atoms with Crippen LogP contribution in [-0.4, -0.2) is 35.6 Å². The normalized spacial score (nSPS) is 11.8. The third kappa shape index (κ3) is 4.34. The van der Waals surface area contributed by atoms with E-state index in [0.717, 1.165) is 6.07 Å². The number of ether oxygens (including phenoxy) is 3. The Morgan fingerprint density at radius 1 is 1.06 bits per heavy atom. The zero-order valence-electron chi connectivity index (χ0n) is 17.7. The van der Waals surface area contributed by atoms with Crippen LogP contribution < -0.4 is 19.6 Å². The fraction of sp³-hybridized carbons (Fsp3) is 0.261. The number of pyridine rings is 1. The first-order valence-corrected chi connectivity index (χ1v) is 9.63. The maximum absolute atomic E-state index is 14.8. The van der Waals surface area contributed by atoms with E-state index in [0.29, 0.717) is 35.1 Å². The standard InChI is InChI=1S/C23H24FNO6/c1-5-31-14-6-7-17(24)15(8-14)16-9-19(23(30-4)11-22(16)29-3)25-12-21(28)20(27)10-18(25)13(2)26/h6-13,26,28H,5H2,1-4H3. The van der Waals surface area contributed by atoms with Gasteiger partial charge in [0.2, 0.25) is 5.43 Å². The number of aromatic hydroxyl groups is 1. The summed E-state index contributed by atoms with van der Waals surface area (Å²) in [6.45, 7) is 3.74. The van der Waals surface area contributed by atoms with Gasteiger partial charge in [-0.3, -0.25) is 4.79 Å². The molecular formula is C23H24FNO6. The second-order valence-electron chi connectivity index (χ2n) is 6.79. The zero-order chi connectivity index (χ0) is 22.7. The van der Waals surface area contributed by atoms with Crippen LogP contribution in [0.1, 0.15) is 25.6 Å². The van der Waals surface area contributed by atoms with Crippen molar-refractivity contribution in [2.45, 2.75) is 20.0 Å². The molecule has 0 radical (unpaired) electrons. The minimum atomic E-state index is -1.03. The number of aliphatic hydroxyl groups is 1. The van der Waals surface area contributed by atoms with Crippen molar-refractivity contribution >= 4 is 0 Å². The number of nitrogens with zero attached hydrogens (tertiary/aromatic N) is 1. The number of aromatic nitrogens is 1. The lowest BCUT2D eigenvalue weighted by Gasteiger charge is -2.21. The summed E-state index contributed by atoms with van der Waals surface area (Å²) < 4.78 is 32.6. The molecule has 1 aromatic heterocycles. The van der Waals surface area contributed by atoms with E-state index in [1.165, 1.54) is 44.0 Å². The zero-order valence-corrected chi connectivity index (χ0v) is 17.7. The van der Waals surface area contributed by atoms with Gasteiger partial charge in [-0.05, 0) is 38.1 Å². The molecule has 0 amide bonds. The molecule has 1 unspecified atom stereocenters. The van der Waals surface area contributed by atoms with Crippen molar-refractivity contribution in [1.82, 2.24) is 4.57 Å². The maximum atomic E-state index is 14.8. The molecule has 1 heterocycles. The summed E-state index contributed by atoms with van der Waals surface area (Å²) in [6.07, 6.45) is 0.160. The molecule has 164 valence electrons. The molecule has 1 atom stereocenters. The second-order valence-corrected chi connectivity index (χ2v) is 6.79. The van der Waals surface area contributed by atoms with E-state index in [9.17, 15) is 19.4 Å². The first-order chi connectivity index (χ1) is 14.8.